The summed E-state index contributed by atoms with van der Waals surface area (Å²) in [6, 6.07) is 0.491. The van der Waals surface area contributed by atoms with E-state index in [9.17, 15) is 23.9 Å². The monoisotopic (exact) mass is 347 g/mol. The highest BCUT2D eigenvalue weighted by molar-refractivity contribution is 6.07. The molecule has 0 aromatic carbocycles. The second kappa shape index (κ2) is 5.94. The Bertz CT molecular complexity index is 874. The topological polar surface area (TPSA) is 92.5 Å². The fourth-order valence-corrected chi connectivity index (χ4v) is 3.31. The zero-order valence-electron chi connectivity index (χ0n) is 13.9. The quantitative estimate of drug-likeness (QED) is 0.849. The van der Waals surface area contributed by atoms with E-state index in [1.165, 1.54) is 13.8 Å². The van der Waals surface area contributed by atoms with Gasteiger partial charge in [-0.1, -0.05) is 0 Å². The van der Waals surface area contributed by atoms with Gasteiger partial charge >= 0.3 is 5.97 Å². The number of alkyl halides is 1. The molecule has 2 aromatic rings. The van der Waals surface area contributed by atoms with Gasteiger partial charge in [-0.15, -0.1) is 0 Å². The Morgan fingerprint density at radius 1 is 1.44 bits per heavy atom. The number of fused-ring (bicyclic) bond motifs is 1. The number of amides is 1. The number of likely N-dealkylation sites (tertiary alicyclic amines) is 1. The summed E-state index contributed by atoms with van der Waals surface area (Å²) >= 11 is 0. The highest BCUT2D eigenvalue weighted by Crippen LogP contribution is 2.31. The molecular weight excluding hydrogens is 329 g/mol. The number of hydrogen-bond acceptors (Lipinski definition) is 4. The summed E-state index contributed by atoms with van der Waals surface area (Å²) in [4.78, 5) is 40.8. The third-order valence-corrected chi connectivity index (χ3v) is 4.47. The number of nitrogens with zero attached hydrogens (tertiary/aromatic N) is 3. The number of aliphatic carboxylic acids is 1. The number of halogens is 1. The summed E-state index contributed by atoms with van der Waals surface area (Å²) in [5.74, 6) is -1.89. The first-order chi connectivity index (χ1) is 11.7. The number of carbonyl (C=O) groups is 3. The maximum Gasteiger partial charge on any atom is 0.326 e. The van der Waals surface area contributed by atoms with E-state index in [0.717, 1.165) is 4.90 Å². The molecule has 1 aliphatic heterocycles. The number of hydrogen-bond donors (Lipinski definition) is 1. The Morgan fingerprint density at radius 3 is 2.80 bits per heavy atom. The molecule has 25 heavy (non-hydrogen) atoms. The van der Waals surface area contributed by atoms with Crippen molar-refractivity contribution in [2.45, 2.75) is 38.5 Å². The second-order valence-electron chi connectivity index (χ2n) is 6.61. The lowest BCUT2D eigenvalue weighted by atomic mass is 10.1. The first-order valence-corrected chi connectivity index (χ1v) is 7.84. The fraction of sp³-hybridized carbons (Fsp3) is 0.412. The number of aromatic nitrogens is 2. The largest absolute Gasteiger partial charge is 0.480 e. The third kappa shape index (κ3) is 3.11. The summed E-state index contributed by atoms with van der Waals surface area (Å²) in [6.07, 6.45) is 4.40. The van der Waals surface area contributed by atoms with E-state index >= 15 is 0 Å². The van der Waals surface area contributed by atoms with Crippen LogP contribution in [0.15, 0.2) is 24.7 Å². The average Bonchev–Trinajstić information content (AvgIpc) is 3.05. The van der Waals surface area contributed by atoms with E-state index in [4.69, 9.17) is 0 Å². The van der Waals surface area contributed by atoms with Gasteiger partial charge in [0.15, 0.2) is 5.78 Å². The molecule has 1 fully saturated rings. The summed E-state index contributed by atoms with van der Waals surface area (Å²) in [5, 5.41) is 9.88. The summed E-state index contributed by atoms with van der Waals surface area (Å²) in [7, 11) is 0. The van der Waals surface area contributed by atoms with E-state index in [-0.39, 0.29) is 25.3 Å². The van der Waals surface area contributed by atoms with Gasteiger partial charge in [0.1, 0.15) is 18.3 Å². The lowest BCUT2D eigenvalue weighted by molar-refractivity contribution is -0.148. The SMILES string of the molecule is CC(=O)c1cn(CC(=O)N2C[C@](C)(F)C[C@H]2C(=O)O)c2ccncc12. The molecule has 3 heterocycles. The summed E-state index contributed by atoms with van der Waals surface area (Å²) in [6.45, 7) is 2.28. The second-order valence-corrected chi connectivity index (χ2v) is 6.61. The molecule has 0 saturated carbocycles. The van der Waals surface area contributed by atoms with Crippen LogP contribution in [0.3, 0.4) is 0 Å². The number of pyridine rings is 1. The number of carbonyl (C=O) groups excluding carboxylic acids is 2. The minimum absolute atomic E-state index is 0.162. The Kier molecular flexibility index (Phi) is 4.06. The minimum Gasteiger partial charge on any atom is -0.480 e. The number of rotatable bonds is 4. The van der Waals surface area contributed by atoms with Crippen molar-refractivity contribution in [2.75, 3.05) is 6.54 Å². The predicted octanol–water partition coefficient (Wildman–Crippen LogP) is 1.65. The summed E-state index contributed by atoms with van der Waals surface area (Å²) < 4.78 is 15.8. The van der Waals surface area contributed by atoms with Crippen LogP contribution in [-0.2, 0) is 16.1 Å². The molecule has 2 aromatic heterocycles. The van der Waals surface area contributed by atoms with Crippen LogP contribution in [0, 0.1) is 0 Å². The fourth-order valence-electron chi connectivity index (χ4n) is 3.31. The molecule has 8 heteroatoms. The van der Waals surface area contributed by atoms with Crippen molar-refractivity contribution >= 4 is 28.6 Å². The van der Waals surface area contributed by atoms with Crippen molar-refractivity contribution in [3.63, 3.8) is 0 Å². The van der Waals surface area contributed by atoms with Crippen LogP contribution >= 0.6 is 0 Å². The van der Waals surface area contributed by atoms with Crippen molar-refractivity contribution in [3.8, 4) is 0 Å². The Morgan fingerprint density at radius 2 is 2.16 bits per heavy atom. The van der Waals surface area contributed by atoms with E-state index in [0.29, 0.717) is 16.5 Å². The van der Waals surface area contributed by atoms with Gasteiger partial charge < -0.3 is 14.6 Å². The molecule has 0 aliphatic carbocycles. The van der Waals surface area contributed by atoms with Crippen LogP contribution in [0.5, 0.6) is 0 Å². The smallest absolute Gasteiger partial charge is 0.326 e. The van der Waals surface area contributed by atoms with E-state index in [1.54, 1.807) is 29.2 Å². The van der Waals surface area contributed by atoms with Crippen LogP contribution in [0.1, 0.15) is 30.6 Å². The van der Waals surface area contributed by atoms with Gasteiger partial charge in [-0.25, -0.2) is 9.18 Å². The van der Waals surface area contributed by atoms with Crippen molar-refractivity contribution < 1.29 is 23.9 Å². The lowest BCUT2D eigenvalue weighted by Crippen LogP contribution is -2.42. The van der Waals surface area contributed by atoms with Gasteiger partial charge in [0.05, 0.1) is 12.1 Å². The molecule has 7 nitrogen and oxygen atoms in total. The van der Waals surface area contributed by atoms with Crippen molar-refractivity contribution in [1.29, 1.82) is 0 Å². The maximum absolute atomic E-state index is 14.2. The van der Waals surface area contributed by atoms with Crippen LogP contribution < -0.4 is 0 Å². The third-order valence-electron chi connectivity index (χ3n) is 4.47. The zero-order chi connectivity index (χ0) is 18.4. The molecule has 1 amide bonds. The average molecular weight is 347 g/mol. The van der Waals surface area contributed by atoms with E-state index in [2.05, 4.69) is 4.98 Å². The normalized spacial score (nSPS) is 23.2. The first-order valence-electron chi connectivity index (χ1n) is 7.84. The number of carboxylic acids is 1. The Balaban J connectivity index is 1.92. The number of ketones is 1. The molecule has 2 atom stereocenters. The van der Waals surface area contributed by atoms with Gasteiger partial charge in [0.25, 0.3) is 0 Å². The van der Waals surface area contributed by atoms with Crippen LogP contribution in [0.25, 0.3) is 10.9 Å². The highest BCUT2D eigenvalue weighted by atomic mass is 19.1. The molecule has 0 bridgehead atoms. The molecule has 0 radical (unpaired) electrons. The number of carboxylic acid groups (broad SMARTS) is 1. The van der Waals surface area contributed by atoms with E-state index < -0.39 is 23.6 Å². The van der Waals surface area contributed by atoms with Gasteiger partial charge in [-0.2, -0.15) is 0 Å². The number of Topliss-reactive ketones (excluding diaryl/α,β-unsaturated/α-hetero) is 1. The van der Waals surface area contributed by atoms with Crippen molar-refractivity contribution in [1.82, 2.24) is 14.5 Å². The first kappa shape index (κ1) is 17.1. The molecule has 1 aliphatic rings. The Hall–Kier alpha value is -2.77. The molecule has 1 N–H and O–H groups in total. The van der Waals surface area contributed by atoms with Gasteiger partial charge in [0, 0.05) is 36.0 Å². The zero-order valence-corrected chi connectivity index (χ0v) is 13.9. The van der Waals surface area contributed by atoms with Crippen LogP contribution in [-0.4, -0.2) is 55.5 Å². The van der Waals surface area contributed by atoms with Gasteiger partial charge in [-0.3, -0.25) is 14.6 Å². The summed E-state index contributed by atoms with van der Waals surface area (Å²) in [5.41, 5.74) is -0.656. The molecule has 0 unspecified atom stereocenters. The van der Waals surface area contributed by atoms with Gasteiger partial charge in [-0.05, 0) is 19.9 Å². The van der Waals surface area contributed by atoms with Gasteiger partial charge in [0.2, 0.25) is 5.91 Å². The Labute approximate surface area is 143 Å². The maximum atomic E-state index is 14.2. The molecule has 0 spiro atoms. The lowest BCUT2D eigenvalue weighted by Gasteiger charge is -2.22. The van der Waals surface area contributed by atoms with Crippen molar-refractivity contribution in [2.24, 2.45) is 0 Å². The van der Waals surface area contributed by atoms with Crippen LogP contribution in [0.4, 0.5) is 4.39 Å². The van der Waals surface area contributed by atoms with Crippen molar-refractivity contribution in [3.05, 3.63) is 30.2 Å². The molecule has 1 saturated heterocycles. The highest BCUT2D eigenvalue weighted by Gasteiger charge is 2.46. The molecule has 132 valence electrons. The minimum atomic E-state index is -1.73. The van der Waals surface area contributed by atoms with Crippen LogP contribution in [0.2, 0.25) is 0 Å². The molecule has 3 rings (SSSR count). The molecular formula is C17H18FN3O4. The van der Waals surface area contributed by atoms with E-state index in [1.807, 2.05) is 0 Å². The predicted molar refractivity (Wildman–Crippen MR) is 87.0 cm³/mol. The standard InChI is InChI=1S/C17H18FN3O4/c1-10(22)12-7-20(13-3-4-19-6-11(12)13)8-15(23)21-9-17(2,18)5-14(21)16(24)25/h3-4,6-7,14H,5,8-9H2,1-2H3,(H,24,25)/t14-,17+/m0/s1.